The van der Waals surface area contributed by atoms with E-state index in [1.807, 2.05) is 0 Å². The number of hydrogen-bond acceptors (Lipinski definition) is 4. The average molecular weight is 457 g/mol. The summed E-state index contributed by atoms with van der Waals surface area (Å²) in [5.41, 5.74) is -1.10. The summed E-state index contributed by atoms with van der Waals surface area (Å²) in [6.07, 6.45) is -0.137. The Kier molecular flexibility index (Phi) is 7.82. The van der Waals surface area contributed by atoms with E-state index < -0.39 is 17.6 Å². The Morgan fingerprint density at radius 2 is 1.78 bits per heavy atom. The molecule has 9 heteroatoms. The van der Waals surface area contributed by atoms with Crippen LogP contribution in [0.5, 0.6) is 0 Å². The first-order valence-electron chi connectivity index (χ1n) is 11.0. The molecule has 6 nitrogen and oxygen atoms in total. The van der Waals surface area contributed by atoms with Gasteiger partial charge in [-0.1, -0.05) is 12.1 Å². The Hall–Kier alpha value is -2.13. The van der Waals surface area contributed by atoms with Crippen LogP contribution < -0.4 is 0 Å². The number of alkyl halides is 3. The van der Waals surface area contributed by atoms with Crippen molar-refractivity contribution in [1.82, 2.24) is 9.80 Å². The minimum absolute atomic E-state index is 0.129. The van der Waals surface area contributed by atoms with Crippen molar-refractivity contribution in [1.29, 1.82) is 0 Å². The maximum absolute atomic E-state index is 13.3. The van der Waals surface area contributed by atoms with Crippen LogP contribution in [-0.4, -0.2) is 73.2 Å². The molecule has 0 radical (unpaired) electrons. The lowest BCUT2D eigenvalue weighted by atomic mass is 9.77. The highest BCUT2D eigenvalue weighted by atomic mass is 19.4. The second kappa shape index (κ2) is 10.2. The van der Waals surface area contributed by atoms with Crippen molar-refractivity contribution >= 4 is 12.4 Å². The fraction of sp³-hybridized carbons (Fsp3) is 0.652. The molecule has 3 fully saturated rings. The summed E-state index contributed by atoms with van der Waals surface area (Å²) >= 11 is 0. The monoisotopic (exact) mass is 456 g/mol. The van der Waals surface area contributed by atoms with E-state index in [2.05, 4.69) is 19.0 Å². The minimum Gasteiger partial charge on any atom is -0.483 e. The summed E-state index contributed by atoms with van der Waals surface area (Å²) < 4.78 is 46.3. The molecule has 2 saturated carbocycles. The van der Waals surface area contributed by atoms with E-state index in [0.29, 0.717) is 24.9 Å². The van der Waals surface area contributed by atoms with Crippen LogP contribution in [0.2, 0.25) is 0 Å². The number of amides is 1. The Balaban J connectivity index is 0.000000913. The van der Waals surface area contributed by atoms with Gasteiger partial charge in [0.2, 0.25) is 0 Å². The number of likely N-dealkylation sites (tertiary alicyclic amines) is 1. The molecule has 3 aliphatic rings. The Bertz CT molecular complexity index is 798. The van der Waals surface area contributed by atoms with Crippen LogP contribution in [-0.2, 0) is 15.7 Å². The topological polar surface area (TPSA) is 70.1 Å². The number of carbonyl (C=O) groups excluding carboxylic acids is 1. The van der Waals surface area contributed by atoms with Crippen LogP contribution in [0.3, 0.4) is 0 Å². The zero-order chi connectivity index (χ0) is 23.5. The first-order chi connectivity index (χ1) is 15.2. The largest absolute Gasteiger partial charge is 0.483 e. The molecule has 0 bridgehead atoms. The van der Waals surface area contributed by atoms with E-state index in [0.717, 1.165) is 25.5 Å². The van der Waals surface area contributed by atoms with E-state index in [1.165, 1.54) is 31.0 Å². The first-order valence-corrected chi connectivity index (χ1v) is 11.0. The SMILES string of the molecule is CN(C)[C@@H]1C[C@@H]2CN(C(=O)c3ccccc3C(F)(F)F)C[C@@H]2C[C@H]1OCC1CC1.O=CO. The van der Waals surface area contributed by atoms with E-state index >= 15 is 0 Å². The van der Waals surface area contributed by atoms with Crippen LogP contribution >= 0.6 is 0 Å². The van der Waals surface area contributed by atoms with Crippen molar-refractivity contribution in [3.05, 3.63) is 35.4 Å². The second-order valence-corrected chi connectivity index (χ2v) is 9.20. The van der Waals surface area contributed by atoms with Gasteiger partial charge in [0.05, 0.1) is 17.2 Å². The maximum Gasteiger partial charge on any atom is 0.417 e. The van der Waals surface area contributed by atoms with Gasteiger partial charge in [-0.15, -0.1) is 0 Å². The zero-order valence-electron chi connectivity index (χ0n) is 18.4. The van der Waals surface area contributed by atoms with Gasteiger partial charge in [-0.2, -0.15) is 13.2 Å². The molecule has 178 valence electrons. The van der Waals surface area contributed by atoms with E-state index in [9.17, 15) is 18.0 Å². The van der Waals surface area contributed by atoms with Crippen LogP contribution in [0.1, 0.15) is 41.6 Å². The summed E-state index contributed by atoms with van der Waals surface area (Å²) in [6.45, 7) is 1.59. The van der Waals surface area contributed by atoms with Gasteiger partial charge in [0, 0.05) is 25.7 Å². The van der Waals surface area contributed by atoms with E-state index in [1.54, 1.807) is 4.90 Å². The lowest BCUT2D eigenvalue weighted by Crippen LogP contribution is -2.48. The lowest BCUT2D eigenvalue weighted by Gasteiger charge is -2.41. The van der Waals surface area contributed by atoms with Gasteiger partial charge in [-0.05, 0) is 69.7 Å². The number of rotatable bonds is 5. The second-order valence-electron chi connectivity index (χ2n) is 9.20. The standard InChI is InChI=1S/C22H29F3N2O2.CH2O2/c1-26(2)19-9-15-11-27(12-16(15)10-20(19)29-13-14-7-8-14)21(28)17-5-3-4-6-18(17)22(23,24)25;2-1-3/h3-6,14-16,19-20H,7-13H2,1-2H3;1H,(H,2,3)/t15-,16+,19-,20-;/m1./s1. The fourth-order valence-electron chi connectivity index (χ4n) is 4.91. The Morgan fingerprint density at radius 3 is 2.34 bits per heavy atom. The van der Waals surface area contributed by atoms with E-state index in [-0.39, 0.29) is 30.1 Å². The Morgan fingerprint density at radius 1 is 1.19 bits per heavy atom. The molecule has 1 aromatic carbocycles. The van der Waals surface area contributed by atoms with Crippen molar-refractivity contribution < 1.29 is 32.6 Å². The van der Waals surface area contributed by atoms with Crippen LogP contribution in [0.4, 0.5) is 13.2 Å². The molecule has 1 saturated heterocycles. The smallest absolute Gasteiger partial charge is 0.417 e. The highest BCUT2D eigenvalue weighted by Gasteiger charge is 2.46. The fourth-order valence-corrected chi connectivity index (χ4v) is 4.91. The molecule has 1 aromatic rings. The van der Waals surface area contributed by atoms with Gasteiger partial charge in [-0.25, -0.2) is 0 Å². The molecule has 0 unspecified atom stereocenters. The lowest BCUT2D eigenvalue weighted by molar-refractivity contribution is -0.138. The quantitative estimate of drug-likeness (QED) is 0.686. The number of hydrogen-bond donors (Lipinski definition) is 1. The van der Waals surface area contributed by atoms with Crippen molar-refractivity contribution in [2.45, 2.75) is 44.0 Å². The molecule has 0 spiro atoms. The van der Waals surface area contributed by atoms with Gasteiger partial charge in [0.1, 0.15) is 0 Å². The molecule has 1 aliphatic heterocycles. The normalized spacial score (nSPS) is 27.5. The molecular formula is C23H31F3N2O4. The van der Waals surface area contributed by atoms with Gasteiger partial charge in [0.25, 0.3) is 12.4 Å². The zero-order valence-corrected chi connectivity index (χ0v) is 18.4. The van der Waals surface area contributed by atoms with Gasteiger partial charge in [0.15, 0.2) is 0 Å². The van der Waals surface area contributed by atoms with Crippen LogP contribution in [0.25, 0.3) is 0 Å². The van der Waals surface area contributed by atoms with E-state index in [4.69, 9.17) is 14.6 Å². The number of carboxylic acid groups (broad SMARTS) is 1. The summed E-state index contributed by atoms with van der Waals surface area (Å²) in [5, 5.41) is 6.89. The summed E-state index contributed by atoms with van der Waals surface area (Å²) in [4.78, 5) is 25.1. The molecule has 4 rings (SSSR count). The van der Waals surface area contributed by atoms with Gasteiger partial charge < -0.3 is 19.6 Å². The van der Waals surface area contributed by atoms with Crippen LogP contribution in [0, 0.1) is 17.8 Å². The molecule has 2 aliphatic carbocycles. The molecular weight excluding hydrogens is 425 g/mol. The number of carbonyl (C=O) groups is 2. The number of fused-ring (bicyclic) bond motifs is 1. The number of likely N-dealkylation sites (N-methyl/N-ethyl adjacent to an activating group) is 1. The van der Waals surface area contributed by atoms with Crippen LogP contribution in [0.15, 0.2) is 24.3 Å². The third-order valence-corrected chi connectivity index (χ3v) is 6.74. The average Bonchev–Trinajstić information content (AvgIpc) is 3.48. The van der Waals surface area contributed by atoms with Crippen molar-refractivity contribution in [2.75, 3.05) is 33.8 Å². The molecule has 1 heterocycles. The highest BCUT2D eigenvalue weighted by Crippen LogP contribution is 2.41. The maximum atomic E-state index is 13.3. The van der Waals surface area contributed by atoms with Gasteiger partial charge in [-0.3, -0.25) is 9.59 Å². The molecule has 1 N–H and O–H groups in total. The van der Waals surface area contributed by atoms with Crippen molar-refractivity contribution in [3.8, 4) is 0 Å². The molecule has 1 amide bonds. The highest BCUT2D eigenvalue weighted by molar-refractivity contribution is 5.96. The summed E-state index contributed by atoms with van der Waals surface area (Å²) in [5.74, 6) is 0.780. The minimum atomic E-state index is -4.53. The first kappa shape index (κ1) is 24.5. The molecule has 32 heavy (non-hydrogen) atoms. The third-order valence-electron chi connectivity index (χ3n) is 6.74. The summed E-state index contributed by atoms with van der Waals surface area (Å²) in [7, 11) is 4.10. The van der Waals surface area contributed by atoms with Crippen molar-refractivity contribution in [2.24, 2.45) is 17.8 Å². The third kappa shape index (κ3) is 5.81. The summed E-state index contributed by atoms with van der Waals surface area (Å²) in [6, 6.07) is 5.38. The van der Waals surface area contributed by atoms with Gasteiger partial charge >= 0.3 is 6.18 Å². The number of halogens is 3. The molecule has 4 atom stereocenters. The predicted molar refractivity (Wildman–Crippen MR) is 112 cm³/mol. The van der Waals surface area contributed by atoms with Crippen molar-refractivity contribution in [3.63, 3.8) is 0 Å². The number of ether oxygens (including phenoxy) is 1. The number of benzene rings is 1. The Labute approximate surface area is 186 Å². The molecule has 0 aromatic heterocycles. The number of nitrogens with zero attached hydrogens (tertiary/aromatic N) is 2. The predicted octanol–water partition coefficient (Wildman–Crippen LogP) is 3.61.